The van der Waals surface area contributed by atoms with E-state index in [2.05, 4.69) is 30.9 Å². The minimum atomic E-state index is 0.869. The van der Waals surface area contributed by atoms with Gasteiger partial charge < -0.3 is 4.98 Å². The smallest absolute Gasteiger partial charge is 0.139 e. The van der Waals surface area contributed by atoms with Crippen LogP contribution in [0.3, 0.4) is 0 Å². The summed E-state index contributed by atoms with van der Waals surface area (Å²) in [6.45, 7) is 4.02. The van der Waals surface area contributed by atoms with Crippen LogP contribution in [0.1, 0.15) is 11.3 Å². The summed E-state index contributed by atoms with van der Waals surface area (Å²) in [6, 6.07) is 0. The minimum absolute atomic E-state index is 0.869. The van der Waals surface area contributed by atoms with Crippen LogP contribution in [0.4, 0.5) is 0 Å². The van der Waals surface area contributed by atoms with Crippen LogP contribution < -0.4 is 0 Å². The highest BCUT2D eigenvalue weighted by molar-refractivity contribution is 9.10. The Morgan fingerprint density at radius 2 is 2.00 bits per heavy atom. The molecule has 0 aliphatic heterocycles. The highest BCUT2D eigenvalue weighted by Gasteiger charge is 2.07. The lowest BCUT2D eigenvalue weighted by Crippen LogP contribution is -1.88. The van der Waals surface area contributed by atoms with E-state index in [9.17, 15) is 0 Å². The molecule has 0 saturated heterocycles. The van der Waals surface area contributed by atoms with Gasteiger partial charge in [0.2, 0.25) is 0 Å². The minimum Gasteiger partial charge on any atom is -0.342 e. The summed E-state index contributed by atoms with van der Waals surface area (Å²) in [5.74, 6) is 0.869. The van der Waals surface area contributed by atoms with Crippen molar-refractivity contribution in [2.24, 2.45) is 0 Å². The van der Waals surface area contributed by atoms with E-state index in [0.29, 0.717) is 0 Å². The van der Waals surface area contributed by atoms with Crippen molar-refractivity contribution < 1.29 is 0 Å². The van der Waals surface area contributed by atoms with Gasteiger partial charge in [-0.1, -0.05) is 0 Å². The molecule has 4 heteroatoms. The van der Waals surface area contributed by atoms with E-state index >= 15 is 0 Å². The topological polar surface area (TPSA) is 41.6 Å². The highest BCUT2D eigenvalue weighted by Crippen LogP contribution is 2.24. The largest absolute Gasteiger partial charge is 0.342 e. The average molecular weight is 252 g/mol. The Hall–Kier alpha value is -1.16. The highest BCUT2D eigenvalue weighted by atomic mass is 79.9. The second kappa shape index (κ2) is 3.53. The Morgan fingerprint density at radius 1 is 1.21 bits per heavy atom. The lowest BCUT2D eigenvalue weighted by molar-refractivity contribution is 1.20. The lowest BCUT2D eigenvalue weighted by atomic mass is 10.1. The number of hydrogen-bond donors (Lipinski definition) is 1. The maximum atomic E-state index is 4.27. The molecule has 0 aliphatic rings. The van der Waals surface area contributed by atoms with E-state index in [1.165, 1.54) is 0 Å². The molecule has 0 unspecified atom stereocenters. The quantitative estimate of drug-likeness (QED) is 0.847. The van der Waals surface area contributed by atoms with E-state index in [1.54, 1.807) is 6.20 Å². The van der Waals surface area contributed by atoms with Crippen molar-refractivity contribution in [1.29, 1.82) is 0 Å². The molecular weight excluding hydrogens is 242 g/mol. The van der Waals surface area contributed by atoms with Gasteiger partial charge in [0.15, 0.2) is 0 Å². The molecule has 1 N–H and O–H groups in total. The molecule has 0 radical (unpaired) electrons. The number of pyridine rings is 1. The van der Waals surface area contributed by atoms with Gasteiger partial charge >= 0.3 is 0 Å². The second-order valence-corrected chi connectivity index (χ2v) is 4.06. The van der Waals surface area contributed by atoms with E-state index < -0.39 is 0 Å². The number of aryl methyl sites for hydroxylation is 1. The molecular formula is C10H10BrN3. The van der Waals surface area contributed by atoms with Crippen molar-refractivity contribution >= 4 is 15.9 Å². The number of imidazole rings is 1. The predicted molar refractivity (Wildman–Crippen MR) is 59.0 cm³/mol. The fraction of sp³-hybridized carbons (Fsp3) is 0.200. The van der Waals surface area contributed by atoms with Crippen LogP contribution in [0, 0.1) is 13.8 Å². The zero-order valence-electron chi connectivity index (χ0n) is 8.00. The van der Waals surface area contributed by atoms with Gasteiger partial charge in [0.25, 0.3) is 0 Å². The van der Waals surface area contributed by atoms with Crippen LogP contribution in [-0.4, -0.2) is 15.0 Å². The zero-order valence-corrected chi connectivity index (χ0v) is 9.59. The molecule has 0 amide bonds. The second-order valence-electron chi connectivity index (χ2n) is 3.21. The van der Waals surface area contributed by atoms with E-state index in [1.807, 2.05) is 26.2 Å². The van der Waals surface area contributed by atoms with E-state index in [0.717, 1.165) is 27.1 Å². The third-order valence-corrected chi connectivity index (χ3v) is 2.91. The van der Waals surface area contributed by atoms with Crippen LogP contribution in [0.2, 0.25) is 0 Å². The fourth-order valence-electron chi connectivity index (χ4n) is 1.29. The number of H-pyrrole nitrogens is 1. The summed E-state index contributed by atoms with van der Waals surface area (Å²) in [5, 5.41) is 0. The van der Waals surface area contributed by atoms with Gasteiger partial charge in [-0.3, -0.25) is 4.98 Å². The number of nitrogens with one attached hydrogen (secondary N) is 1. The van der Waals surface area contributed by atoms with Gasteiger partial charge in [0.1, 0.15) is 5.82 Å². The Balaban J connectivity index is 2.57. The zero-order chi connectivity index (χ0) is 10.1. The standard InChI is InChI=1S/C10H10BrN3/c1-6-3-13-10(14-6)8-4-12-5-9(11)7(8)2/h3-5H,1-2H3,(H,13,14). The Kier molecular flexibility index (Phi) is 2.37. The summed E-state index contributed by atoms with van der Waals surface area (Å²) in [5.41, 5.74) is 3.24. The molecule has 0 aliphatic carbocycles. The number of hydrogen-bond acceptors (Lipinski definition) is 2. The number of rotatable bonds is 1. The molecule has 0 bridgehead atoms. The molecule has 2 aromatic rings. The Labute approximate surface area is 90.7 Å². The molecule has 2 heterocycles. The van der Waals surface area contributed by atoms with E-state index in [-0.39, 0.29) is 0 Å². The van der Waals surface area contributed by atoms with Gasteiger partial charge in [0, 0.05) is 34.3 Å². The van der Waals surface area contributed by atoms with Gasteiger partial charge in [0.05, 0.1) is 0 Å². The van der Waals surface area contributed by atoms with Crippen molar-refractivity contribution in [3.63, 3.8) is 0 Å². The van der Waals surface area contributed by atoms with E-state index in [4.69, 9.17) is 0 Å². The van der Waals surface area contributed by atoms with Crippen molar-refractivity contribution in [3.05, 3.63) is 34.3 Å². The summed E-state index contributed by atoms with van der Waals surface area (Å²) in [7, 11) is 0. The third kappa shape index (κ3) is 1.57. The van der Waals surface area contributed by atoms with Crippen LogP contribution in [-0.2, 0) is 0 Å². The lowest BCUT2D eigenvalue weighted by Gasteiger charge is -2.03. The normalized spacial score (nSPS) is 10.5. The van der Waals surface area contributed by atoms with Gasteiger partial charge in [-0.15, -0.1) is 0 Å². The summed E-state index contributed by atoms with van der Waals surface area (Å²) >= 11 is 3.45. The van der Waals surface area contributed by atoms with Crippen molar-refractivity contribution in [2.45, 2.75) is 13.8 Å². The first-order valence-corrected chi connectivity index (χ1v) is 5.10. The molecule has 0 atom stereocenters. The molecule has 72 valence electrons. The predicted octanol–water partition coefficient (Wildman–Crippen LogP) is 2.85. The number of aromatic nitrogens is 3. The monoisotopic (exact) mass is 251 g/mol. The van der Waals surface area contributed by atoms with Crippen LogP contribution in [0.5, 0.6) is 0 Å². The summed E-state index contributed by atoms with van der Waals surface area (Å²) in [6.07, 6.45) is 5.42. The fourth-order valence-corrected chi connectivity index (χ4v) is 1.62. The van der Waals surface area contributed by atoms with Gasteiger partial charge in [-0.05, 0) is 35.3 Å². The first-order chi connectivity index (χ1) is 6.68. The summed E-state index contributed by atoms with van der Waals surface area (Å²) < 4.78 is 1.00. The number of halogens is 1. The van der Waals surface area contributed by atoms with Gasteiger partial charge in [-0.25, -0.2) is 4.98 Å². The van der Waals surface area contributed by atoms with Crippen LogP contribution >= 0.6 is 15.9 Å². The first kappa shape index (κ1) is 9.40. The molecule has 3 nitrogen and oxygen atoms in total. The average Bonchev–Trinajstić information content (AvgIpc) is 2.57. The van der Waals surface area contributed by atoms with Crippen molar-refractivity contribution in [1.82, 2.24) is 15.0 Å². The van der Waals surface area contributed by atoms with Crippen LogP contribution in [0.25, 0.3) is 11.4 Å². The number of nitrogens with zero attached hydrogens (tertiary/aromatic N) is 2. The Bertz CT molecular complexity index is 462. The first-order valence-electron chi connectivity index (χ1n) is 4.30. The number of aromatic amines is 1. The van der Waals surface area contributed by atoms with Gasteiger partial charge in [-0.2, -0.15) is 0 Å². The molecule has 2 aromatic heterocycles. The van der Waals surface area contributed by atoms with Crippen LogP contribution in [0.15, 0.2) is 23.1 Å². The molecule has 14 heavy (non-hydrogen) atoms. The molecule has 0 saturated carbocycles. The molecule has 0 spiro atoms. The molecule has 0 fully saturated rings. The maximum absolute atomic E-state index is 4.27. The van der Waals surface area contributed by atoms with Crippen molar-refractivity contribution in [3.8, 4) is 11.4 Å². The molecule has 0 aromatic carbocycles. The molecule has 2 rings (SSSR count). The third-order valence-electron chi connectivity index (χ3n) is 2.11. The maximum Gasteiger partial charge on any atom is 0.139 e. The SMILES string of the molecule is Cc1cnc(-c2cncc(Br)c2C)[nH]1. The summed E-state index contributed by atoms with van der Waals surface area (Å²) in [4.78, 5) is 11.6. The Morgan fingerprint density at radius 3 is 2.64 bits per heavy atom. The van der Waals surface area contributed by atoms with Crippen molar-refractivity contribution in [2.75, 3.05) is 0 Å².